The lowest BCUT2D eigenvalue weighted by atomic mass is 10.0. The monoisotopic (exact) mass is 408 g/mol. The van der Waals surface area contributed by atoms with Crippen molar-refractivity contribution in [1.29, 1.82) is 0 Å². The maximum absolute atomic E-state index is 6.33. The predicted octanol–water partition coefficient (Wildman–Crippen LogP) is 6.15. The zero-order valence-corrected chi connectivity index (χ0v) is 15.1. The molecule has 0 saturated carbocycles. The smallest absolute Gasteiger partial charge is 0.162 e. The van der Waals surface area contributed by atoms with Crippen molar-refractivity contribution in [2.24, 2.45) is 0 Å². The molecule has 1 unspecified atom stereocenters. The van der Waals surface area contributed by atoms with Crippen LogP contribution in [0.15, 0.2) is 30.3 Å². The molecule has 21 heavy (non-hydrogen) atoms. The van der Waals surface area contributed by atoms with E-state index in [0.717, 1.165) is 11.1 Å². The number of benzene rings is 2. The average molecular weight is 411 g/mol. The van der Waals surface area contributed by atoms with Crippen LogP contribution in [0.25, 0.3) is 0 Å². The molecule has 0 N–H and O–H groups in total. The summed E-state index contributed by atoms with van der Waals surface area (Å²) in [5.74, 6) is 1.20. The summed E-state index contributed by atoms with van der Waals surface area (Å²) in [6.45, 7) is 0. The summed E-state index contributed by atoms with van der Waals surface area (Å²) in [4.78, 5) is -0.139. The topological polar surface area (TPSA) is 18.5 Å². The van der Waals surface area contributed by atoms with E-state index in [1.165, 1.54) is 0 Å². The molecule has 0 radical (unpaired) electrons. The van der Waals surface area contributed by atoms with Crippen LogP contribution in [0, 0.1) is 0 Å². The number of hydrogen-bond acceptors (Lipinski definition) is 2. The molecule has 2 aromatic carbocycles. The van der Waals surface area contributed by atoms with Crippen LogP contribution >= 0.6 is 50.7 Å². The molecule has 0 aromatic heterocycles. The lowest BCUT2D eigenvalue weighted by Gasteiger charge is -2.16. The largest absolute Gasteiger partial charge is 0.493 e. The number of methoxy groups -OCH3 is 2. The first-order valence-corrected chi connectivity index (χ1v) is 8.03. The van der Waals surface area contributed by atoms with Gasteiger partial charge in [0.15, 0.2) is 11.5 Å². The van der Waals surface area contributed by atoms with Crippen LogP contribution in [0.3, 0.4) is 0 Å². The highest BCUT2D eigenvalue weighted by Crippen LogP contribution is 2.42. The minimum Gasteiger partial charge on any atom is -0.493 e. The quantitative estimate of drug-likeness (QED) is 0.563. The van der Waals surface area contributed by atoms with Gasteiger partial charge in [0.05, 0.1) is 29.1 Å². The fourth-order valence-corrected chi connectivity index (χ4v) is 3.28. The highest BCUT2D eigenvalue weighted by molar-refractivity contribution is 9.09. The molecule has 0 aliphatic heterocycles. The molecule has 6 heteroatoms. The summed E-state index contributed by atoms with van der Waals surface area (Å²) >= 11 is 22.0. The predicted molar refractivity (Wildman–Crippen MR) is 91.8 cm³/mol. The summed E-state index contributed by atoms with van der Waals surface area (Å²) < 4.78 is 10.5. The van der Waals surface area contributed by atoms with Gasteiger partial charge in [-0.3, -0.25) is 0 Å². The van der Waals surface area contributed by atoms with Gasteiger partial charge in [0.2, 0.25) is 0 Å². The number of alkyl halides is 1. The molecule has 0 bridgehead atoms. The molecular weight excluding hydrogens is 398 g/mol. The van der Waals surface area contributed by atoms with Crippen molar-refractivity contribution < 1.29 is 9.47 Å². The maximum Gasteiger partial charge on any atom is 0.162 e. The Labute approximate surface area is 147 Å². The number of rotatable bonds is 4. The fraction of sp³-hybridized carbons (Fsp3) is 0.200. The van der Waals surface area contributed by atoms with E-state index in [9.17, 15) is 0 Å². The van der Waals surface area contributed by atoms with Crippen molar-refractivity contribution >= 4 is 50.7 Å². The van der Waals surface area contributed by atoms with E-state index in [0.29, 0.717) is 26.6 Å². The number of ether oxygens (including phenoxy) is 2. The maximum atomic E-state index is 6.33. The Bertz CT molecular complexity index is 662. The first-order chi connectivity index (χ1) is 9.97. The molecule has 1 atom stereocenters. The van der Waals surface area contributed by atoms with Crippen molar-refractivity contribution in [2.75, 3.05) is 14.2 Å². The molecule has 0 aliphatic rings. The molecule has 0 spiro atoms. The Morgan fingerprint density at radius 2 is 1.48 bits per heavy atom. The second-order valence-electron chi connectivity index (χ2n) is 4.26. The van der Waals surface area contributed by atoms with Gasteiger partial charge in [-0.1, -0.05) is 56.8 Å². The second-order valence-corrected chi connectivity index (χ2v) is 6.40. The summed E-state index contributed by atoms with van der Waals surface area (Å²) in [6.07, 6.45) is 0. The van der Waals surface area contributed by atoms with Crippen molar-refractivity contribution in [3.05, 3.63) is 56.5 Å². The number of hydrogen-bond donors (Lipinski definition) is 0. The van der Waals surface area contributed by atoms with E-state index in [-0.39, 0.29) is 4.83 Å². The van der Waals surface area contributed by atoms with E-state index in [4.69, 9.17) is 44.3 Å². The number of halogens is 4. The minimum absolute atomic E-state index is 0.139. The Kier molecular flexibility index (Phi) is 5.67. The van der Waals surface area contributed by atoms with Crippen molar-refractivity contribution in [1.82, 2.24) is 0 Å². The third-order valence-electron chi connectivity index (χ3n) is 3.01. The van der Waals surface area contributed by atoms with E-state index < -0.39 is 0 Å². The van der Waals surface area contributed by atoms with Gasteiger partial charge < -0.3 is 9.47 Å². The molecule has 0 amide bonds. The molecule has 2 nitrogen and oxygen atoms in total. The van der Waals surface area contributed by atoms with Crippen molar-refractivity contribution in [3.8, 4) is 11.5 Å². The molecule has 0 aliphatic carbocycles. The lowest BCUT2D eigenvalue weighted by Crippen LogP contribution is -1.98. The summed E-state index contributed by atoms with van der Waals surface area (Å²) in [5, 5.41) is 1.58. The molecule has 2 rings (SSSR count). The van der Waals surface area contributed by atoms with Gasteiger partial charge in [-0.15, -0.1) is 0 Å². The highest BCUT2D eigenvalue weighted by Gasteiger charge is 2.18. The lowest BCUT2D eigenvalue weighted by molar-refractivity contribution is 0.354. The first kappa shape index (κ1) is 16.8. The Hall–Kier alpha value is -0.610. The summed E-state index contributed by atoms with van der Waals surface area (Å²) in [5.41, 5.74) is 1.80. The zero-order valence-electron chi connectivity index (χ0n) is 11.3. The first-order valence-electron chi connectivity index (χ1n) is 5.98. The average Bonchev–Trinajstić information content (AvgIpc) is 2.49. The van der Waals surface area contributed by atoms with Crippen LogP contribution in [0.4, 0.5) is 0 Å². The highest BCUT2D eigenvalue weighted by atomic mass is 79.9. The Morgan fingerprint density at radius 3 is 2.05 bits per heavy atom. The third-order valence-corrected chi connectivity index (χ3v) is 5.10. The van der Waals surface area contributed by atoms with E-state index >= 15 is 0 Å². The van der Waals surface area contributed by atoms with Gasteiger partial charge in [-0.25, -0.2) is 0 Å². The molecule has 2 aromatic rings. The van der Waals surface area contributed by atoms with Crippen molar-refractivity contribution in [3.63, 3.8) is 0 Å². The van der Waals surface area contributed by atoms with Gasteiger partial charge in [0.1, 0.15) is 0 Å². The normalized spacial score (nSPS) is 12.1. The van der Waals surface area contributed by atoms with Gasteiger partial charge in [0, 0.05) is 11.1 Å². The Morgan fingerprint density at radius 1 is 0.857 bits per heavy atom. The van der Waals surface area contributed by atoms with E-state index in [1.807, 2.05) is 12.1 Å². The standard InChI is InChI=1S/C15H12BrCl3O2/c1-20-13-6-9(11(18)7-14(13)21-2)15(16)8-3-4-10(17)12(19)5-8/h3-7,15H,1-2H3. The van der Waals surface area contributed by atoms with Crippen LogP contribution in [0.1, 0.15) is 16.0 Å². The van der Waals surface area contributed by atoms with Crippen LogP contribution in [-0.4, -0.2) is 14.2 Å². The molecule has 0 fully saturated rings. The summed E-state index contributed by atoms with van der Waals surface area (Å²) in [6, 6.07) is 9.00. The van der Waals surface area contributed by atoms with Crippen LogP contribution in [-0.2, 0) is 0 Å². The van der Waals surface area contributed by atoms with Gasteiger partial charge in [-0.2, -0.15) is 0 Å². The zero-order chi connectivity index (χ0) is 15.6. The van der Waals surface area contributed by atoms with Gasteiger partial charge >= 0.3 is 0 Å². The van der Waals surface area contributed by atoms with Crippen LogP contribution in [0.2, 0.25) is 15.1 Å². The van der Waals surface area contributed by atoms with Gasteiger partial charge in [-0.05, 0) is 29.3 Å². The molecule has 0 saturated heterocycles. The van der Waals surface area contributed by atoms with Crippen LogP contribution in [0.5, 0.6) is 11.5 Å². The minimum atomic E-state index is -0.139. The molecule has 112 valence electrons. The molecular formula is C15H12BrCl3O2. The third kappa shape index (κ3) is 3.59. The van der Waals surface area contributed by atoms with Gasteiger partial charge in [0.25, 0.3) is 0 Å². The fourth-order valence-electron chi connectivity index (χ4n) is 1.91. The van der Waals surface area contributed by atoms with E-state index in [2.05, 4.69) is 15.9 Å². The van der Waals surface area contributed by atoms with Crippen molar-refractivity contribution in [2.45, 2.75) is 4.83 Å². The van der Waals surface area contributed by atoms with Crippen LogP contribution < -0.4 is 9.47 Å². The Balaban J connectivity index is 2.47. The molecule has 0 heterocycles. The SMILES string of the molecule is COc1cc(Cl)c(C(Br)c2ccc(Cl)c(Cl)c2)cc1OC. The second kappa shape index (κ2) is 7.10. The summed E-state index contributed by atoms with van der Waals surface area (Å²) in [7, 11) is 3.15. The van der Waals surface area contributed by atoms with E-state index in [1.54, 1.807) is 32.4 Å².